The highest BCUT2D eigenvalue weighted by molar-refractivity contribution is 5.89. The van der Waals surface area contributed by atoms with E-state index in [0.717, 1.165) is 19.4 Å². The van der Waals surface area contributed by atoms with E-state index in [-0.39, 0.29) is 28.7 Å². The van der Waals surface area contributed by atoms with Crippen molar-refractivity contribution < 1.29 is 9.59 Å². The van der Waals surface area contributed by atoms with Crippen molar-refractivity contribution in [2.75, 3.05) is 13.1 Å². The molecular formula is C16H28N2O2. The number of nitrogens with one attached hydrogen (secondary N) is 1. The smallest absolute Gasteiger partial charge is 0.245 e. The Morgan fingerprint density at radius 2 is 1.80 bits per heavy atom. The molecule has 0 aromatic rings. The van der Waals surface area contributed by atoms with E-state index in [1.807, 2.05) is 11.8 Å². The van der Waals surface area contributed by atoms with Crippen molar-refractivity contribution in [2.45, 2.75) is 59.9 Å². The summed E-state index contributed by atoms with van der Waals surface area (Å²) in [5.74, 6) is 0.638. The van der Waals surface area contributed by atoms with Crippen LogP contribution in [0.15, 0.2) is 0 Å². The topological polar surface area (TPSA) is 49.4 Å². The van der Waals surface area contributed by atoms with Crippen LogP contribution in [0.3, 0.4) is 0 Å². The van der Waals surface area contributed by atoms with Gasteiger partial charge in [-0.25, -0.2) is 0 Å². The van der Waals surface area contributed by atoms with Crippen LogP contribution in [0.5, 0.6) is 0 Å². The molecule has 0 aromatic heterocycles. The predicted octanol–water partition coefficient (Wildman–Crippen LogP) is 2.19. The van der Waals surface area contributed by atoms with Gasteiger partial charge in [-0.15, -0.1) is 0 Å². The number of carbonyl (C=O) groups is 2. The molecule has 2 amide bonds. The van der Waals surface area contributed by atoms with E-state index in [4.69, 9.17) is 0 Å². The molecule has 0 radical (unpaired) electrons. The fourth-order valence-corrected chi connectivity index (χ4v) is 3.57. The van der Waals surface area contributed by atoms with E-state index in [1.165, 1.54) is 0 Å². The molecule has 2 aliphatic rings. The second-order valence-electron chi connectivity index (χ2n) is 7.44. The molecule has 4 heteroatoms. The lowest BCUT2D eigenvalue weighted by Gasteiger charge is -2.24. The Hall–Kier alpha value is -1.06. The number of nitrogens with zero attached hydrogens (tertiary/aromatic N) is 1. The molecule has 0 spiro atoms. The van der Waals surface area contributed by atoms with Crippen molar-refractivity contribution in [1.82, 2.24) is 10.2 Å². The van der Waals surface area contributed by atoms with Crippen LogP contribution in [0.25, 0.3) is 0 Å². The average molecular weight is 280 g/mol. The molecule has 1 heterocycles. The quantitative estimate of drug-likeness (QED) is 0.858. The fourth-order valence-electron chi connectivity index (χ4n) is 3.57. The van der Waals surface area contributed by atoms with Crippen LogP contribution in [0.1, 0.15) is 53.9 Å². The minimum atomic E-state index is -0.319. The summed E-state index contributed by atoms with van der Waals surface area (Å²) in [5.41, 5.74) is 0.550. The van der Waals surface area contributed by atoms with Gasteiger partial charge in [-0.05, 0) is 23.2 Å². The van der Waals surface area contributed by atoms with Gasteiger partial charge in [-0.3, -0.25) is 9.59 Å². The molecule has 1 aliphatic carbocycles. The fraction of sp³-hybridized carbons (Fsp3) is 0.875. The summed E-state index contributed by atoms with van der Waals surface area (Å²) in [5, 5.41) is 2.86. The van der Waals surface area contributed by atoms with Gasteiger partial charge in [0.2, 0.25) is 11.8 Å². The first-order valence-corrected chi connectivity index (χ1v) is 7.80. The number of amides is 2. The zero-order chi connectivity index (χ0) is 15.1. The Bertz CT molecular complexity index is 401. The Labute approximate surface area is 122 Å². The lowest BCUT2D eigenvalue weighted by Crippen LogP contribution is -2.45. The highest BCUT2D eigenvalue weighted by Gasteiger charge is 2.64. The van der Waals surface area contributed by atoms with Gasteiger partial charge < -0.3 is 10.2 Å². The number of hydrogen-bond acceptors (Lipinski definition) is 2. The second kappa shape index (κ2) is 5.05. The first-order chi connectivity index (χ1) is 9.21. The summed E-state index contributed by atoms with van der Waals surface area (Å²) in [4.78, 5) is 26.2. The van der Waals surface area contributed by atoms with Crippen LogP contribution in [0, 0.1) is 16.7 Å². The summed E-state index contributed by atoms with van der Waals surface area (Å²) in [6, 6.07) is -0.319. The average Bonchev–Trinajstić information content (AvgIpc) is 2.79. The predicted molar refractivity (Wildman–Crippen MR) is 79.1 cm³/mol. The van der Waals surface area contributed by atoms with Crippen molar-refractivity contribution in [2.24, 2.45) is 16.7 Å². The van der Waals surface area contributed by atoms with Crippen LogP contribution in [0.2, 0.25) is 0 Å². The molecule has 1 atom stereocenters. The molecule has 1 saturated heterocycles. The molecule has 2 rings (SSSR count). The zero-order valence-corrected chi connectivity index (χ0v) is 13.5. The first-order valence-electron chi connectivity index (χ1n) is 7.80. The lowest BCUT2D eigenvalue weighted by molar-refractivity contribution is -0.134. The molecule has 114 valence electrons. The van der Waals surface area contributed by atoms with Crippen LogP contribution in [0.4, 0.5) is 0 Å². The van der Waals surface area contributed by atoms with Gasteiger partial charge in [-0.2, -0.15) is 0 Å². The van der Waals surface area contributed by atoms with Crippen molar-refractivity contribution in [1.29, 1.82) is 0 Å². The molecule has 1 N–H and O–H groups in total. The van der Waals surface area contributed by atoms with Gasteiger partial charge in [-0.1, -0.05) is 41.0 Å². The van der Waals surface area contributed by atoms with Crippen molar-refractivity contribution in [3.63, 3.8) is 0 Å². The first kappa shape index (κ1) is 15.3. The van der Waals surface area contributed by atoms with E-state index in [9.17, 15) is 9.59 Å². The van der Waals surface area contributed by atoms with E-state index < -0.39 is 0 Å². The van der Waals surface area contributed by atoms with Crippen LogP contribution < -0.4 is 5.32 Å². The maximum absolute atomic E-state index is 12.6. The maximum Gasteiger partial charge on any atom is 0.245 e. The third-order valence-electron chi connectivity index (χ3n) is 5.85. The highest BCUT2D eigenvalue weighted by Crippen LogP contribution is 2.68. The molecule has 20 heavy (non-hydrogen) atoms. The van der Waals surface area contributed by atoms with E-state index >= 15 is 0 Å². The van der Waals surface area contributed by atoms with Gasteiger partial charge in [0.15, 0.2) is 0 Å². The summed E-state index contributed by atoms with van der Waals surface area (Å²) < 4.78 is 0. The number of carbonyl (C=O) groups excluding carboxylic acids is 2. The molecule has 1 unspecified atom stereocenters. The lowest BCUT2D eigenvalue weighted by atomic mass is 10.0. The molecule has 0 aromatic carbocycles. The van der Waals surface area contributed by atoms with E-state index in [0.29, 0.717) is 18.9 Å². The van der Waals surface area contributed by atoms with E-state index in [1.54, 1.807) is 0 Å². The minimum absolute atomic E-state index is 0.00798. The molecule has 4 nitrogen and oxygen atoms in total. The molecule has 2 fully saturated rings. The van der Waals surface area contributed by atoms with Gasteiger partial charge in [0.05, 0.1) is 0 Å². The number of rotatable bonds is 4. The normalized spacial score (nSPS) is 29.1. The molecule has 0 bridgehead atoms. The Morgan fingerprint density at radius 1 is 1.20 bits per heavy atom. The highest BCUT2D eigenvalue weighted by atomic mass is 16.2. The largest absolute Gasteiger partial charge is 0.344 e. The molecule has 1 saturated carbocycles. The van der Waals surface area contributed by atoms with E-state index in [2.05, 4.69) is 33.0 Å². The van der Waals surface area contributed by atoms with Crippen molar-refractivity contribution >= 4 is 11.8 Å². The van der Waals surface area contributed by atoms with Crippen molar-refractivity contribution in [3.8, 4) is 0 Å². The van der Waals surface area contributed by atoms with Gasteiger partial charge in [0.1, 0.15) is 6.04 Å². The Balaban J connectivity index is 2.07. The van der Waals surface area contributed by atoms with Gasteiger partial charge >= 0.3 is 0 Å². The minimum Gasteiger partial charge on any atom is -0.344 e. The second-order valence-corrected chi connectivity index (χ2v) is 7.44. The monoisotopic (exact) mass is 280 g/mol. The summed E-state index contributed by atoms with van der Waals surface area (Å²) in [6.07, 6.45) is 2.07. The third-order valence-corrected chi connectivity index (χ3v) is 5.85. The summed E-state index contributed by atoms with van der Waals surface area (Å²) in [6.45, 7) is 12.5. The van der Waals surface area contributed by atoms with Gasteiger partial charge in [0.25, 0.3) is 0 Å². The van der Waals surface area contributed by atoms with Crippen molar-refractivity contribution in [3.05, 3.63) is 0 Å². The third kappa shape index (κ3) is 2.45. The maximum atomic E-state index is 12.6. The molecular weight excluding hydrogens is 252 g/mol. The Kier molecular flexibility index (Phi) is 3.87. The summed E-state index contributed by atoms with van der Waals surface area (Å²) >= 11 is 0. The number of hydrogen-bond donors (Lipinski definition) is 1. The van der Waals surface area contributed by atoms with Crippen LogP contribution in [-0.4, -0.2) is 35.8 Å². The van der Waals surface area contributed by atoms with Gasteiger partial charge in [0, 0.05) is 19.5 Å². The summed E-state index contributed by atoms with van der Waals surface area (Å²) in [7, 11) is 0. The molecule has 1 aliphatic heterocycles. The zero-order valence-electron chi connectivity index (χ0n) is 13.5. The SMILES string of the molecule is CCCC1NC(=O)CCN(CC2C(C)(C)C2(C)C)C1=O. The standard InChI is InChI=1S/C16H28N2O2/c1-6-7-11-14(20)18(9-8-13(19)17-11)10-12-15(2,3)16(12,4)5/h11-12H,6-10H2,1-5H3,(H,17,19). The Morgan fingerprint density at radius 3 is 2.30 bits per heavy atom. The van der Waals surface area contributed by atoms with Crippen LogP contribution in [-0.2, 0) is 9.59 Å². The van der Waals surface area contributed by atoms with Crippen LogP contribution >= 0.6 is 0 Å².